The van der Waals surface area contributed by atoms with E-state index < -0.39 is 40.2 Å². The molecule has 0 saturated heterocycles. The number of hydrogen-bond donors (Lipinski definition) is 3. The highest BCUT2D eigenvalue weighted by Crippen LogP contribution is 2.24. The molecule has 37 heavy (non-hydrogen) atoms. The lowest BCUT2D eigenvalue weighted by atomic mass is 10.3. The van der Waals surface area contributed by atoms with Crippen LogP contribution in [0.25, 0.3) is 11.2 Å². The molecule has 0 aliphatic rings. The maximum Gasteiger partial charge on any atom is 0.333 e. The number of rotatable bonds is 7. The van der Waals surface area contributed by atoms with E-state index >= 15 is 0 Å². The molecule has 1 aromatic carbocycles. The van der Waals surface area contributed by atoms with Crippen LogP contribution >= 0.6 is 11.6 Å². The Labute approximate surface area is 211 Å². The third-order valence-electron chi connectivity index (χ3n) is 5.49. The maximum absolute atomic E-state index is 12.6. The molecule has 4 aromatic rings. The number of halogens is 1. The lowest BCUT2D eigenvalue weighted by molar-refractivity contribution is 0.0937. The first-order valence-corrected chi connectivity index (χ1v) is 11.0. The van der Waals surface area contributed by atoms with Gasteiger partial charge >= 0.3 is 11.4 Å². The van der Waals surface area contributed by atoms with E-state index in [1.54, 1.807) is 24.3 Å². The standard InChI is InChI=1S/C21H21ClN8O7/c1-27-15-14(16(32)24-20(27)35)30(8-11(31)9-37-12-6-4-10(22)5-7-12)19(23-15)26-25-13-17(33)28(2)21(36)29(3)18(13)34/h4-7,11,31,33H,8-9H2,1-3H3,(H,24,32,35)/t11-/m1/s1. The molecule has 16 heteroatoms. The molecule has 3 heterocycles. The average Bonchev–Trinajstić information content (AvgIpc) is 3.23. The zero-order valence-electron chi connectivity index (χ0n) is 19.7. The number of azo groups is 1. The predicted molar refractivity (Wildman–Crippen MR) is 131 cm³/mol. The van der Waals surface area contributed by atoms with Crippen LogP contribution in [-0.4, -0.2) is 51.2 Å². The lowest BCUT2D eigenvalue weighted by Crippen LogP contribution is -2.36. The number of aromatic nitrogens is 6. The number of ether oxygens (including phenoxy) is 1. The first kappa shape index (κ1) is 25.6. The summed E-state index contributed by atoms with van der Waals surface area (Å²) in [6.45, 7) is -0.458. The van der Waals surface area contributed by atoms with Gasteiger partial charge in [0, 0.05) is 26.2 Å². The molecule has 0 spiro atoms. The van der Waals surface area contributed by atoms with E-state index in [0.29, 0.717) is 10.8 Å². The summed E-state index contributed by atoms with van der Waals surface area (Å²) >= 11 is 5.85. The highest BCUT2D eigenvalue weighted by Gasteiger charge is 2.21. The molecule has 0 amide bonds. The second-order valence-corrected chi connectivity index (χ2v) is 8.45. The van der Waals surface area contributed by atoms with Crippen molar-refractivity contribution in [1.82, 2.24) is 28.2 Å². The summed E-state index contributed by atoms with van der Waals surface area (Å²) in [5, 5.41) is 29.0. The molecule has 0 aliphatic carbocycles. The van der Waals surface area contributed by atoms with Gasteiger partial charge in [0.05, 0.1) is 6.54 Å². The first-order valence-electron chi connectivity index (χ1n) is 10.7. The number of hydrogen-bond acceptors (Lipinski definition) is 10. The summed E-state index contributed by atoms with van der Waals surface area (Å²) in [6, 6.07) is 6.46. The Hall–Kier alpha value is -4.50. The quantitative estimate of drug-likeness (QED) is 0.278. The minimum atomic E-state index is -1.18. The fraction of sp³-hybridized carbons (Fsp3) is 0.286. The number of H-pyrrole nitrogens is 1. The molecule has 0 aliphatic heterocycles. The van der Waals surface area contributed by atoms with Crippen LogP contribution in [0.15, 0.2) is 53.7 Å². The Balaban J connectivity index is 1.76. The third kappa shape index (κ3) is 4.81. The molecular weight excluding hydrogens is 512 g/mol. The molecule has 0 unspecified atom stereocenters. The van der Waals surface area contributed by atoms with Crippen LogP contribution in [-0.2, 0) is 27.7 Å². The van der Waals surface area contributed by atoms with E-state index in [-0.39, 0.29) is 30.3 Å². The van der Waals surface area contributed by atoms with Crippen molar-refractivity contribution in [3.63, 3.8) is 0 Å². The van der Waals surface area contributed by atoms with E-state index in [4.69, 9.17) is 16.3 Å². The molecule has 0 radical (unpaired) electrons. The van der Waals surface area contributed by atoms with Gasteiger partial charge in [0.2, 0.25) is 11.6 Å². The van der Waals surface area contributed by atoms with Gasteiger partial charge in [-0.3, -0.25) is 32.8 Å². The number of nitrogens with one attached hydrogen (secondary N) is 1. The number of aromatic hydroxyl groups is 1. The molecule has 4 rings (SSSR count). The summed E-state index contributed by atoms with van der Waals surface area (Å²) in [6.07, 6.45) is -1.18. The van der Waals surface area contributed by atoms with Gasteiger partial charge in [-0.15, -0.1) is 10.2 Å². The Kier molecular flexibility index (Phi) is 6.82. The normalized spacial score (nSPS) is 12.5. The van der Waals surface area contributed by atoms with Gasteiger partial charge in [-0.2, -0.15) is 4.98 Å². The molecule has 1 atom stereocenters. The monoisotopic (exact) mass is 532 g/mol. The van der Waals surface area contributed by atoms with Gasteiger partial charge in [0.15, 0.2) is 11.2 Å². The van der Waals surface area contributed by atoms with E-state index in [1.165, 1.54) is 25.7 Å². The van der Waals surface area contributed by atoms with Crippen LogP contribution < -0.4 is 27.2 Å². The van der Waals surface area contributed by atoms with Crippen molar-refractivity contribution in [2.45, 2.75) is 12.6 Å². The molecule has 3 aromatic heterocycles. The van der Waals surface area contributed by atoms with Gasteiger partial charge in [0.1, 0.15) is 18.5 Å². The second-order valence-electron chi connectivity index (χ2n) is 8.01. The van der Waals surface area contributed by atoms with Gasteiger partial charge in [-0.05, 0) is 24.3 Å². The van der Waals surface area contributed by atoms with Crippen LogP contribution in [0.3, 0.4) is 0 Å². The van der Waals surface area contributed by atoms with E-state index in [2.05, 4.69) is 20.2 Å². The summed E-state index contributed by atoms with van der Waals surface area (Å²) in [4.78, 5) is 55.5. The molecule has 0 saturated carbocycles. The first-order chi connectivity index (χ1) is 17.5. The number of aliphatic hydroxyl groups is 1. The van der Waals surface area contributed by atoms with Crippen molar-refractivity contribution in [2.75, 3.05) is 6.61 Å². The third-order valence-corrected chi connectivity index (χ3v) is 5.74. The molecular formula is C21H21ClN8O7. The maximum atomic E-state index is 12.6. The topological polar surface area (TPSA) is 191 Å². The van der Waals surface area contributed by atoms with Gasteiger partial charge < -0.3 is 14.9 Å². The minimum absolute atomic E-state index is 0.0638. The average molecular weight is 533 g/mol. The van der Waals surface area contributed by atoms with Crippen molar-refractivity contribution in [1.29, 1.82) is 0 Å². The van der Waals surface area contributed by atoms with Crippen LogP contribution in [0, 0.1) is 0 Å². The smallest absolute Gasteiger partial charge is 0.333 e. The van der Waals surface area contributed by atoms with E-state index in [1.807, 2.05) is 0 Å². The molecule has 0 bridgehead atoms. The second kappa shape index (κ2) is 9.87. The molecule has 3 N–H and O–H groups in total. The summed E-state index contributed by atoms with van der Waals surface area (Å²) < 4.78 is 9.32. The van der Waals surface area contributed by atoms with Crippen LogP contribution in [0.1, 0.15) is 0 Å². The fourth-order valence-corrected chi connectivity index (χ4v) is 3.58. The SMILES string of the molecule is Cn1c(O)c(N=Nc2nc3c(c(=O)[nH]c(=O)n3C)n2C[C@@H](O)COc2ccc(Cl)cc2)c(=O)n(C)c1=O. The molecule has 0 fully saturated rings. The number of nitrogens with zero attached hydrogens (tertiary/aromatic N) is 7. The zero-order chi connectivity index (χ0) is 27.0. The van der Waals surface area contributed by atoms with Crippen molar-refractivity contribution in [3.05, 3.63) is 71.0 Å². The minimum Gasteiger partial charge on any atom is -0.493 e. The van der Waals surface area contributed by atoms with E-state index in [0.717, 1.165) is 13.7 Å². The van der Waals surface area contributed by atoms with Crippen molar-refractivity contribution >= 4 is 34.4 Å². The number of aliphatic hydroxyl groups excluding tert-OH is 1. The van der Waals surface area contributed by atoms with Crippen molar-refractivity contribution in [3.8, 4) is 11.6 Å². The van der Waals surface area contributed by atoms with Crippen LogP contribution in [0.5, 0.6) is 11.6 Å². The Morgan fingerprint density at radius 2 is 1.73 bits per heavy atom. The van der Waals surface area contributed by atoms with Gasteiger partial charge in [0.25, 0.3) is 17.1 Å². The van der Waals surface area contributed by atoms with Gasteiger partial charge in [-0.1, -0.05) is 11.6 Å². The van der Waals surface area contributed by atoms with Crippen molar-refractivity contribution in [2.24, 2.45) is 31.4 Å². The number of benzene rings is 1. The fourth-order valence-electron chi connectivity index (χ4n) is 3.46. The largest absolute Gasteiger partial charge is 0.493 e. The zero-order valence-corrected chi connectivity index (χ0v) is 20.5. The predicted octanol–water partition coefficient (Wildman–Crippen LogP) is 0.0350. The Morgan fingerprint density at radius 3 is 2.41 bits per heavy atom. The summed E-state index contributed by atoms with van der Waals surface area (Å²) in [7, 11) is 3.80. The summed E-state index contributed by atoms with van der Waals surface area (Å²) in [5.74, 6) is -0.552. The van der Waals surface area contributed by atoms with Crippen LogP contribution in [0.2, 0.25) is 5.02 Å². The molecule has 194 valence electrons. The van der Waals surface area contributed by atoms with E-state index in [9.17, 15) is 29.4 Å². The van der Waals surface area contributed by atoms with Crippen molar-refractivity contribution < 1.29 is 14.9 Å². The van der Waals surface area contributed by atoms with Crippen LogP contribution in [0.4, 0.5) is 11.6 Å². The number of fused-ring (bicyclic) bond motifs is 1. The number of aryl methyl sites for hydroxylation is 1. The number of imidazole rings is 1. The highest BCUT2D eigenvalue weighted by atomic mass is 35.5. The van der Waals surface area contributed by atoms with Gasteiger partial charge in [-0.25, -0.2) is 9.59 Å². The summed E-state index contributed by atoms with van der Waals surface area (Å²) in [5.41, 5.74) is -3.95. The Bertz CT molecular complexity index is 1760. The highest BCUT2D eigenvalue weighted by molar-refractivity contribution is 6.30. The lowest BCUT2D eigenvalue weighted by Gasteiger charge is -2.14. The Morgan fingerprint density at radius 1 is 1.05 bits per heavy atom. The number of aromatic amines is 1. The molecule has 15 nitrogen and oxygen atoms in total.